The summed E-state index contributed by atoms with van der Waals surface area (Å²) in [5.74, 6) is -1.48. The first kappa shape index (κ1) is 25.0. The molecule has 3 aromatic carbocycles. The van der Waals surface area contributed by atoms with E-state index in [1.807, 2.05) is 0 Å². The topological polar surface area (TPSA) is 87.3 Å². The predicted molar refractivity (Wildman–Crippen MR) is 130 cm³/mol. The van der Waals surface area contributed by atoms with E-state index >= 15 is 4.39 Å². The van der Waals surface area contributed by atoms with E-state index in [9.17, 15) is 22.8 Å². The molecule has 1 aromatic heterocycles. The van der Waals surface area contributed by atoms with Gasteiger partial charge in [-0.3, -0.25) is 14.7 Å². The number of carbonyl (C=O) groups excluding carboxylic acids is 2. The number of alkyl halides is 3. The van der Waals surface area contributed by atoms with E-state index in [2.05, 4.69) is 15.5 Å². The van der Waals surface area contributed by atoms with E-state index < -0.39 is 30.5 Å². The molecule has 2 N–H and O–H groups in total. The van der Waals surface area contributed by atoms with Gasteiger partial charge in [-0.15, -0.1) is 0 Å². The lowest BCUT2D eigenvalue weighted by molar-refractivity contribution is -0.142. The van der Waals surface area contributed by atoms with Gasteiger partial charge < -0.3 is 15.0 Å². The highest BCUT2D eigenvalue weighted by Gasteiger charge is 2.47. The Kier molecular flexibility index (Phi) is 6.35. The van der Waals surface area contributed by atoms with Gasteiger partial charge in [0.15, 0.2) is 0 Å². The van der Waals surface area contributed by atoms with Crippen molar-refractivity contribution in [1.29, 1.82) is 0 Å². The number of nitrogens with zero attached hydrogens (tertiary/aromatic N) is 2. The maximum atomic E-state index is 15.3. The monoisotopic (exact) mass is 524 g/mol. The standard InChI is InChI=1S/C27H20F4N4O3/c1-15(36)32-17-7-5-6-16(12-17)23-22-24(34-33-23)26(37)35(14-27(29,30)31)25(22)20-13-19(10-11-21(20)28)38-18-8-3-2-4-9-18/h2-13,25H,14H2,1H3,(H,32,36)(H,33,34). The van der Waals surface area contributed by atoms with Gasteiger partial charge in [0, 0.05) is 29.3 Å². The van der Waals surface area contributed by atoms with Crippen molar-refractivity contribution in [2.24, 2.45) is 0 Å². The predicted octanol–water partition coefficient (Wildman–Crippen LogP) is 6.07. The first-order valence-corrected chi connectivity index (χ1v) is 11.5. The van der Waals surface area contributed by atoms with Crippen LogP contribution in [-0.4, -0.2) is 39.6 Å². The third-order valence-electron chi connectivity index (χ3n) is 5.91. The minimum Gasteiger partial charge on any atom is -0.457 e. The Morgan fingerprint density at radius 3 is 2.53 bits per heavy atom. The normalized spacial score (nSPS) is 14.9. The fraction of sp³-hybridized carbons (Fsp3) is 0.148. The summed E-state index contributed by atoms with van der Waals surface area (Å²) in [5, 5.41) is 9.35. The molecule has 2 heterocycles. The first-order valence-electron chi connectivity index (χ1n) is 11.5. The minimum atomic E-state index is -4.75. The molecule has 1 atom stereocenters. The largest absolute Gasteiger partial charge is 0.457 e. The first-order chi connectivity index (χ1) is 18.1. The maximum Gasteiger partial charge on any atom is 0.406 e. The van der Waals surface area contributed by atoms with Gasteiger partial charge >= 0.3 is 6.18 Å². The van der Waals surface area contributed by atoms with Crippen molar-refractivity contribution in [3.05, 3.63) is 95.4 Å². The maximum absolute atomic E-state index is 15.3. The van der Waals surface area contributed by atoms with Crippen molar-refractivity contribution < 1.29 is 31.9 Å². The molecule has 1 aliphatic rings. The number of ether oxygens (including phenoxy) is 1. The number of carbonyl (C=O) groups is 2. The Balaban J connectivity index is 1.64. The van der Waals surface area contributed by atoms with E-state index in [4.69, 9.17) is 4.74 Å². The lowest BCUT2D eigenvalue weighted by Gasteiger charge is -2.27. The highest BCUT2D eigenvalue weighted by atomic mass is 19.4. The molecule has 0 radical (unpaired) electrons. The van der Waals surface area contributed by atoms with Crippen molar-refractivity contribution in [3.8, 4) is 22.8 Å². The number of hydrogen-bond acceptors (Lipinski definition) is 4. The van der Waals surface area contributed by atoms with Crippen LogP contribution in [0.5, 0.6) is 11.5 Å². The van der Waals surface area contributed by atoms with Gasteiger partial charge in [0.25, 0.3) is 5.91 Å². The average Bonchev–Trinajstić information content (AvgIpc) is 3.39. The number of fused-ring (bicyclic) bond motifs is 1. The molecule has 38 heavy (non-hydrogen) atoms. The summed E-state index contributed by atoms with van der Waals surface area (Å²) in [6.45, 7) is -0.274. The molecular weight excluding hydrogens is 504 g/mol. The second-order valence-electron chi connectivity index (χ2n) is 8.67. The van der Waals surface area contributed by atoms with Gasteiger partial charge in [-0.05, 0) is 42.5 Å². The molecule has 4 aromatic rings. The molecule has 11 heteroatoms. The number of H-pyrrole nitrogens is 1. The van der Waals surface area contributed by atoms with E-state index in [1.54, 1.807) is 54.6 Å². The number of anilines is 1. The molecule has 2 amide bonds. The molecule has 7 nitrogen and oxygen atoms in total. The summed E-state index contributed by atoms with van der Waals surface area (Å²) in [7, 11) is 0. The molecule has 0 aliphatic carbocycles. The fourth-order valence-electron chi connectivity index (χ4n) is 4.46. The van der Waals surface area contributed by atoms with Gasteiger partial charge in [0.2, 0.25) is 5.91 Å². The van der Waals surface area contributed by atoms with Crippen LogP contribution in [0.25, 0.3) is 11.3 Å². The van der Waals surface area contributed by atoms with Crippen molar-refractivity contribution >= 4 is 17.5 Å². The SMILES string of the molecule is CC(=O)Nc1cccc(-c2n[nH]c3c2C(c2cc(Oc4ccccc4)ccc2F)N(CC(F)(F)F)C3=O)c1. The van der Waals surface area contributed by atoms with Crippen LogP contribution >= 0.6 is 0 Å². The van der Waals surface area contributed by atoms with E-state index in [1.165, 1.54) is 19.1 Å². The summed E-state index contributed by atoms with van der Waals surface area (Å²) in [4.78, 5) is 25.2. The van der Waals surface area contributed by atoms with Crippen LogP contribution in [0.1, 0.15) is 34.6 Å². The summed E-state index contributed by atoms with van der Waals surface area (Å²) >= 11 is 0. The molecule has 1 aliphatic heterocycles. The third kappa shape index (κ3) is 4.95. The van der Waals surface area contributed by atoms with Crippen LogP contribution in [-0.2, 0) is 4.79 Å². The van der Waals surface area contributed by atoms with E-state index in [-0.39, 0.29) is 34.2 Å². The Hall–Kier alpha value is -4.67. The number of amides is 2. The van der Waals surface area contributed by atoms with Gasteiger partial charge in [0.1, 0.15) is 29.6 Å². The number of aromatic amines is 1. The zero-order valence-electron chi connectivity index (χ0n) is 19.8. The van der Waals surface area contributed by atoms with Gasteiger partial charge in [-0.1, -0.05) is 30.3 Å². The fourth-order valence-corrected chi connectivity index (χ4v) is 4.46. The molecule has 1 unspecified atom stereocenters. The highest BCUT2D eigenvalue weighted by molar-refractivity contribution is 6.00. The highest BCUT2D eigenvalue weighted by Crippen LogP contribution is 2.45. The molecule has 0 fully saturated rings. The van der Waals surface area contributed by atoms with Crippen molar-refractivity contribution in [2.45, 2.75) is 19.1 Å². The minimum absolute atomic E-state index is 0.0926. The second-order valence-corrected chi connectivity index (χ2v) is 8.67. The summed E-state index contributed by atoms with van der Waals surface area (Å²) < 4.78 is 61.8. The number of nitrogens with one attached hydrogen (secondary N) is 2. The lowest BCUT2D eigenvalue weighted by Crippen LogP contribution is -2.38. The van der Waals surface area contributed by atoms with Crippen molar-refractivity contribution in [3.63, 3.8) is 0 Å². The molecule has 0 saturated heterocycles. The zero-order chi connectivity index (χ0) is 27.0. The van der Waals surface area contributed by atoms with Crippen LogP contribution in [0.3, 0.4) is 0 Å². The van der Waals surface area contributed by atoms with Crippen LogP contribution in [0, 0.1) is 5.82 Å². The summed E-state index contributed by atoms with van der Waals surface area (Å²) in [6, 6.07) is 17.3. The van der Waals surface area contributed by atoms with Crippen LogP contribution in [0.15, 0.2) is 72.8 Å². The van der Waals surface area contributed by atoms with Crippen LogP contribution < -0.4 is 10.1 Å². The Morgan fingerprint density at radius 1 is 1.05 bits per heavy atom. The number of para-hydroxylation sites is 1. The number of halogens is 4. The smallest absolute Gasteiger partial charge is 0.406 e. The summed E-state index contributed by atoms with van der Waals surface area (Å²) in [6.07, 6.45) is -4.75. The third-order valence-corrected chi connectivity index (χ3v) is 5.91. The number of aromatic nitrogens is 2. The van der Waals surface area contributed by atoms with Gasteiger partial charge in [0.05, 0.1) is 11.7 Å². The van der Waals surface area contributed by atoms with Gasteiger partial charge in [-0.25, -0.2) is 4.39 Å². The summed E-state index contributed by atoms with van der Waals surface area (Å²) in [5.41, 5.74) is 0.726. The Labute approximate surface area is 214 Å². The van der Waals surface area contributed by atoms with E-state index in [0.29, 0.717) is 21.9 Å². The number of hydrogen-bond donors (Lipinski definition) is 2. The van der Waals surface area contributed by atoms with Crippen molar-refractivity contribution in [2.75, 3.05) is 11.9 Å². The molecular formula is C27H20F4N4O3. The molecule has 0 bridgehead atoms. The molecule has 0 spiro atoms. The number of benzene rings is 3. The lowest BCUT2D eigenvalue weighted by atomic mass is 9.95. The Bertz CT molecular complexity index is 1520. The molecule has 194 valence electrons. The van der Waals surface area contributed by atoms with Crippen LogP contribution in [0.4, 0.5) is 23.2 Å². The molecule has 0 saturated carbocycles. The Morgan fingerprint density at radius 2 is 1.82 bits per heavy atom. The zero-order valence-corrected chi connectivity index (χ0v) is 19.8. The van der Waals surface area contributed by atoms with Crippen molar-refractivity contribution in [1.82, 2.24) is 15.1 Å². The average molecular weight is 524 g/mol. The second kappa shape index (κ2) is 9.66. The quantitative estimate of drug-likeness (QED) is 0.300. The van der Waals surface area contributed by atoms with E-state index in [0.717, 1.165) is 6.07 Å². The van der Waals surface area contributed by atoms with Gasteiger partial charge in [-0.2, -0.15) is 18.3 Å². The number of rotatable bonds is 6. The van der Waals surface area contributed by atoms with Crippen LogP contribution in [0.2, 0.25) is 0 Å². The molecule has 5 rings (SSSR count).